The molecular weight excluding hydrogens is 319 g/mol. The van der Waals surface area contributed by atoms with Crippen molar-refractivity contribution in [2.45, 2.75) is 37.6 Å². The van der Waals surface area contributed by atoms with E-state index in [1.807, 2.05) is 0 Å². The SMILES string of the molecule is O=C(/C=C/c1ccccc1F)NCC1(N2CCOCC2)CCCCC1. The van der Waals surface area contributed by atoms with Gasteiger partial charge in [0.05, 0.1) is 13.2 Å². The summed E-state index contributed by atoms with van der Waals surface area (Å²) in [5.41, 5.74) is 0.474. The normalized spacial score (nSPS) is 21.3. The minimum absolute atomic E-state index is 0.0452. The quantitative estimate of drug-likeness (QED) is 0.834. The summed E-state index contributed by atoms with van der Waals surface area (Å²) in [5.74, 6) is -0.481. The summed E-state index contributed by atoms with van der Waals surface area (Å²) >= 11 is 0. The third-order valence-electron chi connectivity index (χ3n) is 5.38. The van der Waals surface area contributed by atoms with Crippen LogP contribution in [0, 0.1) is 5.82 Å². The molecule has 0 unspecified atom stereocenters. The van der Waals surface area contributed by atoms with Gasteiger partial charge in [-0.1, -0.05) is 37.5 Å². The van der Waals surface area contributed by atoms with Gasteiger partial charge in [-0.2, -0.15) is 0 Å². The van der Waals surface area contributed by atoms with Crippen molar-refractivity contribution in [2.75, 3.05) is 32.8 Å². The van der Waals surface area contributed by atoms with Gasteiger partial charge in [0.1, 0.15) is 5.82 Å². The van der Waals surface area contributed by atoms with Crippen LogP contribution in [0.2, 0.25) is 0 Å². The van der Waals surface area contributed by atoms with E-state index in [2.05, 4.69) is 10.2 Å². The van der Waals surface area contributed by atoms with Crippen molar-refractivity contribution in [1.29, 1.82) is 0 Å². The average Bonchev–Trinajstić information content (AvgIpc) is 2.67. The summed E-state index contributed by atoms with van der Waals surface area (Å²) in [7, 11) is 0. The Labute approximate surface area is 149 Å². The molecule has 2 aliphatic rings. The zero-order valence-corrected chi connectivity index (χ0v) is 14.7. The maximum atomic E-state index is 13.6. The van der Waals surface area contributed by atoms with Crippen molar-refractivity contribution < 1.29 is 13.9 Å². The first-order valence-electron chi connectivity index (χ1n) is 9.23. The third-order valence-corrected chi connectivity index (χ3v) is 5.38. The predicted molar refractivity (Wildman–Crippen MR) is 96.7 cm³/mol. The fourth-order valence-electron chi connectivity index (χ4n) is 3.94. The van der Waals surface area contributed by atoms with Crippen molar-refractivity contribution in [2.24, 2.45) is 0 Å². The molecule has 1 aliphatic heterocycles. The number of benzene rings is 1. The van der Waals surface area contributed by atoms with Gasteiger partial charge in [0.15, 0.2) is 0 Å². The van der Waals surface area contributed by atoms with E-state index < -0.39 is 0 Å². The molecule has 1 aliphatic carbocycles. The van der Waals surface area contributed by atoms with Crippen molar-refractivity contribution >= 4 is 12.0 Å². The second-order valence-corrected chi connectivity index (χ2v) is 6.96. The molecule has 1 amide bonds. The van der Waals surface area contributed by atoms with Crippen molar-refractivity contribution in [1.82, 2.24) is 10.2 Å². The van der Waals surface area contributed by atoms with E-state index in [0.29, 0.717) is 12.1 Å². The fourth-order valence-corrected chi connectivity index (χ4v) is 3.94. The van der Waals surface area contributed by atoms with E-state index >= 15 is 0 Å². The number of nitrogens with zero attached hydrogens (tertiary/aromatic N) is 1. The molecule has 2 fully saturated rings. The molecule has 1 aromatic rings. The summed E-state index contributed by atoms with van der Waals surface area (Å²) in [6, 6.07) is 6.46. The number of halogens is 1. The van der Waals surface area contributed by atoms with E-state index in [1.165, 1.54) is 37.5 Å². The van der Waals surface area contributed by atoms with Crippen LogP contribution in [0.1, 0.15) is 37.7 Å². The lowest BCUT2D eigenvalue weighted by atomic mass is 9.79. The van der Waals surface area contributed by atoms with Gasteiger partial charge in [0, 0.05) is 36.8 Å². The Morgan fingerprint density at radius 3 is 2.64 bits per heavy atom. The summed E-state index contributed by atoms with van der Waals surface area (Å²) in [6.45, 7) is 4.04. The molecule has 0 aromatic heterocycles. The highest BCUT2D eigenvalue weighted by molar-refractivity contribution is 5.91. The van der Waals surface area contributed by atoms with Crippen LogP contribution in [0.5, 0.6) is 0 Å². The minimum Gasteiger partial charge on any atom is -0.379 e. The Morgan fingerprint density at radius 2 is 1.92 bits per heavy atom. The Hall–Kier alpha value is -1.72. The molecule has 4 nitrogen and oxygen atoms in total. The first-order chi connectivity index (χ1) is 12.2. The van der Waals surface area contributed by atoms with E-state index in [1.54, 1.807) is 18.2 Å². The lowest BCUT2D eigenvalue weighted by Crippen LogP contribution is -2.59. The molecule has 0 radical (unpaired) electrons. The molecule has 1 N–H and O–H groups in total. The first kappa shape index (κ1) is 18.1. The van der Waals surface area contributed by atoms with Gasteiger partial charge < -0.3 is 10.1 Å². The second-order valence-electron chi connectivity index (χ2n) is 6.96. The smallest absolute Gasteiger partial charge is 0.244 e. The van der Waals surface area contributed by atoms with E-state index in [-0.39, 0.29) is 17.3 Å². The number of hydrogen-bond donors (Lipinski definition) is 1. The topological polar surface area (TPSA) is 41.6 Å². The predicted octanol–water partition coefficient (Wildman–Crippen LogP) is 2.99. The lowest BCUT2D eigenvalue weighted by molar-refractivity contribution is -0.117. The van der Waals surface area contributed by atoms with Gasteiger partial charge in [0.25, 0.3) is 0 Å². The van der Waals surface area contributed by atoms with Crippen LogP contribution in [0.4, 0.5) is 4.39 Å². The number of rotatable bonds is 5. The number of carbonyl (C=O) groups excluding carboxylic acids is 1. The van der Waals surface area contributed by atoms with Gasteiger partial charge in [-0.15, -0.1) is 0 Å². The monoisotopic (exact) mass is 346 g/mol. The van der Waals surface area contributed by atoms with Crippen LogP contribution in [-0.4, -0.2) is 49.2 Å². The van der Waals surface area contributed by atoms with Crippen LogP contribution in [0.15, 0.2) is 30.3 Å². The molecule has 1 saturated carbocycles. The van der Waals surface area contributed by atoms with Gasteiger partial charge in [0.2, 0.25) is 5.91 Å². The van der Waals surface area contributed by atoms with E-state index in [9.17, 15) is 9.18 Å². The molecule has 1 saturated heterocycles. The van der Waals surface area contributed by atoms with E-state index in [4.69, 9.17) is 4.74 Å². The zero-order chi connectivity index (χ0) is 17.5. The van der Waals surface area contributed by atoms with Crippen LogP contribution >= 0.6 is 0 Å². The molecule has 1 heterocycles. The summed E-state index contributed by atoms with van der Waals surface area (Å²) in [5, 5.41) is 3.05. The van der Waals surface area contributed by atoms with Gasteiger partial charge in [-0.05, 0) is 25.0 Å². The minimum atomic E-state index is -0.316. The molecule has 0 atom stereocenters. The molecule has 25 heavy (non-hydrogen) atoms. The van der Waals surface area contributed by atoms with Crippen LogP contribution in [0.3, 0.4) is 0 Å². The molecular formula is C20H27FN2O2. The standard InChI is InChI=1S/C20H27FN2O2/c21-18-7-3-2-6-17(18)8-9-19(24)22-16-20(10-4-1-5-11-20)23-12-14-25-15-13-23/h2-3,6-9H,1,4-5,10-16H2,(H,22,24)/b9-8+. The number of hydrogen-bond acceptors (Lipinski definition) is 3. The first-order valence-corrected chi connectivity index (χ1v) is 9.23. The van der Waals surface area contributed by atoms with Crippen LogP contribution in [0.25, 0.3) is 6.08 Å². The molecule has 3 rings (SSSR count). The van der Waals surface area contributed by atoms with Crippen molar-refractivity contribution in [3.05, 3.63) is 41.7 Å². The number of amides is 1. The summed E-state index contributed by atoms with van der Waals surface area (Å²) in [4.78, 5) is 14.7. The lowest BCUT2D eigenvalue weighted by Gasteiger charge is -2.48. The molecule has 1 aromatic carbocycles. The van der Waals surface area contributed by atoms with Crippen molar-refractivity contribution in [3.63, 3.8) is 0 Å². The largest absolute Gasteiger partial charge is 0.379 e. The molecule has 0 bridgehead atoms. The third kappa shape index (κ3) is 4.67. The maximum Gasteiger partial charge on any atom is 0.244 e. The van der Waals surface area contributed by atoms with Gasteiger partial charge >= 0.3 is 0 Å². The van der Waals surface area contributed by atoms with Crippen molar-refractivity contribution in [3.8, 4) is 0 Å². The molecule has 5 heteroatoms. The molecule has 136 valence electrons. The number of morpholine rings is 1. The Kier molecular flexibility index (Phi) is 6.21. The van der Waals surface area contributed by atoms with Crippen LogP contribution < -0.4 is 5.32 Å². The average molecular weight is 346 g/mol. The Bertz CT molecular complexity index is 605. The Balaban J connectivity index is 1.60. The molecule has 0 spiro atoms. The highest BCUT2D eigenvalue weighted by Gasteiger charge is 2.38. The van der Waals surface area contributed by atoms with E-state index in [0.717, 1.165) is 39.1 Å². The summed E-state index contributed by atoms with van der Waals surface area (Å²) in [6.07, 6.45) is 8.87. The fraction of sp³-hybridized carbons (Fsp3) is 0.550. The highest BCUT2D eigenvalue weighted by atomic mass is 19.1. The second kappa shape index (κ2) is 8.59. The summed E-state index contributed by atoms with van der Waals surface area (Å²) < 4.78 is 19.1. The van der Waals surface area contributed by atoms with Crippen LogP contribution in [-0.2, 0) is 9.53 Å². The highest BCUT2D eigenvalue weighted by Crippen LogP contribution is 2.33. The van der Waals surface area contributed by atoms with Gasteiger partial charge in [-0.25, -0.2) is 4.39 Å². The zero-order valence-electron chi connectivity index (χ0n) is 14.7. The Morgan fingerprint density at radius 1 is 1.20 bits per heavy atom. The maximum absolute atomic E-state index is 13.6. The number of nitrogens with one attached hydrogen (secondary N) is 1. The number of ether oxygens (including phenoxy) is 1. The van der Waals surface area contributed by atoms with Gasteiger partial charge in [-0.3, -0.25) is 9.69 Å². The number of carbonyl (C=O) groups is 1.